The molecule has 0 saturated carbocycles. The van der Waals surface area contributed by atoms with Crippen LogP contribution in [-0.4, -0.2) is 35.9 Å². The van der Waals surface area contributed by atoms with Crippen molar-refractivity contribution in [3.05, 3.63) is 35.4 Å². The van der Waals surface area contributed by atoms with E-state index in [1.807, 2.05) is 24.3 Å². The van der Waals surface area contributed by atoms with Crippen LogP contribution in [0.5, 0.6) is 0 Å². The van der Waals surface area contributed by atoms with Crippen LogP contribution in [0, 0.1) is 0 Å². The van der Waals surface area contributed by atoms with E-state index in [4.69, 9.17) is 5.11 Å². The maximum atomic E-state index is 12.1. The van der Waals surface area contributed by atoms with Crippen molar-refractivity contribution in [1.29, 1.82) is 0 Å². The van der Waals surface area contributed by atoms with Crippen LogP contribution in [0.1, 0.15) is 11.1 Å². The van der Waals surface area contributed by atoms with Gasteiger partial charge in [0.2, 0.25) is 5.91 Å². The minimum atomic E-state index is -4.72. The van der Waals surface area contributed by atoms with E-state index in [0.29, 0.717) is 13.0 Å². The summed E-state index contributed by atoms with van der Waals surface area (Å²) in [5.41, 5.74) is 2.08. The molecule has 4 nitrogen and oxygen atoms in total. The van der Waals surface area contributed by atoms with Gasteiger partial charge in [0.1, 0.15) is 0 Å². The number of nitrogens with one attached hydrogen (secondary N) is 2. The highest BCUT2D eigenvalue weighted by Crippen LogP contribution is 2.19. The Morgan fingerprint density at radius 1 is 1.40 bits per heavy atom. The average Bonchev–Trinajstić information content (AvgIpc) is 2.42. The number of hydrogen-bond acceptors (Lipinski definition) is 3. The maximum Gasteiger partial charge on any atom is 0.416 e. The summed E-state index contributed by atoms with van der Waals surface area (Å²) in [7, 11) is 0. The first kappa shape index (κ1) is 14.8. The molecule has 1 amide bonds. The molecule has 2 atom stereocenters. The van der Waals surface area contributed by atoms with Crippen LogP contribution in [0.3, 0.4) is 0 Å². The number of fused-ring (bicyclic) bond motifs is 1. The fourth-order valence-electron chi connectivity index (χ4n) is 2.08. The molecule has 1 aromatic carbocycles. The van der Waals surface area contributed by atoms with Gasteiger partial charge in [-0.05, 0) is 17.5 Å². The monoisotopic (exact) mass is 288 g/mol. The summed E-state index contributed by atoms with van der Waals surface area (Å²) in [6.07, 6.45) is -6.84. The molecule has 0 saturated heterocycles. The number of carbonyl (C=O) groups excluding carboxylic acids is 1. The lowest BCUT2D eigenvalue weighted by molar-refractivity contribution is -0.201. The quantitative estimate of drug-likeness (QED) is 0.769. The third-order valence-electron chi connectivity index (χ3n) is 3.25. The van der Waals surface area contributed by atoms with E-state index in [0.717, 1.165) is 11.1 Å². The Balaban J connectivity index is 1.89. The van der Waals surface area contributed by atoms with Gasteiger partial charge in [0.15, 0.2) is 6.10 Å². The van der Waals surface area contributed by atoms with Crippen LogP contribution in [0.4, 0.5) is 13.2 Å². The summed E-state index contributed by atoms with van der Waals surface area (Å²) in [6, 6.07) is 6.99. The highest BCUT2D eigenvalue weighted by atomic mass is 19.4. The van der Waals surface area contributed by atoms with Gasteiger partial charge in [-0.2, -0.15) is 13.2 Å². The van der Waals surface area contributed by atoms with Crippen LogP contribution in [0.25, 0.3) is 0 Å². The van der Waals surface area contributed by atoms with Crippen molar-refractivity contribution in [3.8, 4) is 0 Å². The number of amides is 1. The predicted molar refractivity (Wildman–Crippen MR) is 65.8 cm³/mol. The van der Waals surface area contributed by atoms with Gasteiger partial charge in [-0.3, -0.25) is 4.79 Å². The highest BCUT2D eigenvalue weighted by molar-refractivity contribution is 5.82. The van der Waals surface area contributed by atoms with Crippen molar-refractivity contribution in [2.45, 2.75) is 31.3 Å². The number of carbonyl (C=O) groups is 1. The highest BCUT2D eigenvalue weighted by Gasteiger charge is 2.38. The van der Waals surface area contributed by atoms with Gasteiger partial charge in [-0.25, -0.2) is 0 Å². The number of aliphatic hydroxyl groups is 1. The SMILES string of the molecule is O=C(NCC(O)C(F)(F)F)[C@H]1Cc2ccccc2CN1. The molecule has 20 heavy (non-hydrogen) atoms. The lowest BCUT2D eigenvalue weighted by Crippen LogP contribution is -2.50. The second-order valence-corrected chi connectivity index (χ2v) is 4.71. The summed E-state index contributed by atoms with van der Waals surface area (Å²) in [5, 5.41) is 13.9. The normalized spacial score (nSPS) is 20.1. The zero-order valence-electron chi connectivity index (χ0n) is 10.6. The fraction of sp³-hybridized carbons (Fsp3) is 0.462. The number of rotatable bonds is 3. The van der Waals surface area contributed by atoms with Crippen molar-refractivity contribution in [3.63, 3.8) is 0 Å². The molecule has 1 aromatic rings. The molecular formula is C13H15F3N2O2. The minimum Gasteiger partial charge on any atom is -0.382 e. The van der Waals surface area contributed by atoms with E-state index in [-0.39, 0.29) is 0 Å². The molecule has 1 aliphatic heterocycles. The molecule has 1 unspecified atom stereocenters. The molecule has 0 radical (unpaired) electrons. The largest absolute Gasteiger partial charge is 0.416 e. The van der Waals surface area contributed by atoms with Crippen molar-refractivity contribution in [2.24, 2.45) is 0 Å². The third kappa shape index (κ3) is 3.49. The molecule has 110 valence electrons. The van der Waals surface area contributed by atoms with Crippen LogP contribution in [0.2, 0.25) is 0 Å². The van der Waals surface area contributed by atoms with Gasteiger partial charge in [-0.1, -0.05) is 24.3 Å². The minimum absolute atomic E-state index is 0.421. The fourth-order valence-corrected chi connectivity index (χ4v) is 2.08. The van der Waals surface area contributed by atoms with Crippen molar-refractivity contribution < 1.29 is 23.1 Å². The van der Waals surface area contributed by atoms with E-state index in [1.165, 1.54) is 0 Å². The predicted octanol–water partition coefficient (Wildman–Crippen LogP) is 0.740. The molecule has 1 aliphatic rings. The molecule has 1 heterocycles. The van der Waals surface area contributed by atoms with E-state index in [9.17, 15) is 18.0 Å². The van der Waals surface area contributed by atoms with Crippen LogP contribution >= 0.6 is 0 Å². The number of hydrogen-bond donors (Lipinski definition) is 3. The van der Waals surface area contributed by atoms with Crippen LogP contribution in [-0.2, 0) is 17.8 Å². The maximum absolute atomic E-state index is 12.1. The van der Waals surface area contributed by atoms with Crippen molar-refractivity contribution >= 4 is 5.91 Å². The topological polar surface area (TPSA) is 61.4 Å². The van der Waals surface area contributed by atoms with Crippen molar-refractivity contribution in [1.82, 2.24) is 10.6 Å². The Kier molecular flexibility index (Phi) is 4.29. The van der Waals surface area contributed by atoms with E-state index >= 15 is 0 Å². The number of halogens is 3. The number of alkyl halides is 3. The van der Waals surface area contributed by atoms with E-state index in [1.54, 1.807) is 0 Å². The second-order valence-electron chi connectivity index (χ2n) is 4.71. The Hall–Kier alpha value is -1.60. The summed E-state index contributed by atoms with van der Waals surface area (Å²) in [5.74, 6) is -0.539. The summed E-state index contributed by atoms with van der Waals surface area (Å²) in [6.45, 7) is -0.335. The van der Waals surface area contributed by atoms with Gasteiger partial charge < -0.3 is 15.7 Å². The first-order valence-electron chi connectivity index (χ1n) is 6.20. The van der Waals surface area contributed by atoms with Crippen molar-refractivity contribution in [2.75, 3.05) is 6.54 Å². The zero-order valence-corrected chi connectivity index (χ0v) is 10.6. The molecule has 0 spiro atoms. The zero-order chi connectivity index (χ0) is 14.8. The number of aliphatic hydroxyl groups excluding tert-OH is 1. The standard InChI is InChI=1S/C13H15F3N2O2/c14-13(15,16)11(19)7-18-12(20)10-5-8-3-1-2-4-9(8)6-17-10/h1-4,10-11,17,19H,5-7H2,(H,18,20)/t10-,11?/m1/s1. The van der Waals surface area contributed by atoms with E-state index < -0.39 is 30.8 Å². The molecule has 0 fully saturated rings. The Labute approximate surface area is 114 Å². The molecule has 0 aromatic heterocycles. The van der Waals surface area contributed by atoms with Gasteiger partial charge in [-0.15, -0.1) is 0 Å². The van der Waals surface area contributed by atoms with Crippen LogP contribution < -0.4 is 10.6 Å². The lowest BCUT2D eigenvalue weighted by atomic mass is 9.95. The molecule has 0 aliphatic carbocycles. The first-order chi connectivity index (χ1) is 9.38. The molecule has 2 rings (SSSR count). The Morgan fingerprint density at radius 3 is 2.70 bits per heavy atom. The summed E-state index contributed by atoms with van der Waals surface area (Å²) in [4.78, 5) is 11.8. The summed E-state index contributed by atoms with van der Waals surface area (Å²) < 4.78 is 36.4. The lowest BCUT2D eigenvalue weighted by Gasteiger charge is -2.26. The first-order valence-corrected chi connectivity index (χ1v) is 6.20. The molecular weight excluding hydrogens is 273 g/mol. The molecule has 0 bridgehead atoms. The van der Waals surface area contributed by atoms with Gasteiger partial charge in [0.25, 0.3) is 0 Å². The Morgan fingerprint density at radius 2 is 2.05 bits per heavy atom. The van der Waals surface area contributed by atoms with Gasteiger partial charge in [0, 0.05) is 6.54 Å². The number of benzene rings is 1. The second kappa shape index (κ2) is 5.80. The molecule has 3 N–H and O–H groups in total. The van der Waals surface area contributed by atoms with E-state index in [2.05, 4.69) is 10.6 Å². The average molecular weight is 288 g/mol. The molecule has 7 heteroatoms. The van der Waals surface area contributed by atoms with Gasteiger partial charge >= 0.3 is 6.18 Å². The third-order valence-corrected chi connectivity index (χ3v) is 3.25. The summed E-state index contributed by atoms with van der Waals surface area (Å²) >= 11 is 0. The van der Waals surface area contributed by atoms with Crippen LogP contribution in [0.15, 0.2) is 24.3 Å². The Bertz CT molecular complexity index is 491. The smallest absolute Gasteiger partial charge is 0.382 e. The van der Waals surface area contributed by atoms with Gasteiger partial charge in [0.05, 0.1) is 12.6 Å².